The van der Waals surface area contributed by atoms with Crippen LogP contribution in [0.3, 0.4) is 0 Å². The highest BCUT2D eigenvalue weighted by Gasteiger charge is 2.07. The van der Waals surface area contributed by atoms with E-state index in [0.717, 1.165) is 17.5 Å². The summed E-state index contributed by atoms with van der Waals surface area (Å²) in [6.45, 7) is 0.810. The maximum absolute atomic E-state index is 11.9. The van der Waals surface area contributed by atoms with Gasteiger partial charge in [0, 0.05) is 6.54 Å². The summed E-state index contributed by atoms with van der Waals surface area (Å²) in [6.07, 6.45) is 0.824. The van der Waals surface area contributed by atoms with E-state index in [0.29, 0.717) is 6.54 Å². The van der Waals surface area contributed by atoms with Crippen LogP contribution in [0.5, 0.6) is 0 Å². The van der Waals surface area contributed by atoms with Crippen molar-refractivity contribution in [1.82, 2.24) is 20.3 Å². The van der Waals surface area contributed by atoms with Crippen LogP contribution in [0, 0.1) is 0 Å². The number of nitrogens with one attached hydrogen (secondary N) is 1. The summed E-state index contributed by atoms with van der Waals surface area (Å²) in [7, 11) is 0. The number of fused-ring (bicyclic) bond motifs is 1. The molecule has 0 aliphatic carbocycles. The van der Waals surface area contributed by atoms with E-state index in [2.05, 4.69) is 27.8 Å². The Bertz CT molecular complexity index is 736. The fraction of sp³-hybridized carbons (Fsp3) is 0.188. The molecular formula is C16H16N4O. The molecule has 3 rings (SSSR count). The lowest BCUT2D eigenvalue weighted by Gasteiger charge is -2.05. The highest BCUT2D eigenvalue weighted by atomic mass is 16.2. The molecule has 0 fully saturated rings. The molecule has 106 valence electrons. The Balaban J connectivity index is 1.55. The molecule has 0 unspecified atom stereocenters. The Morgan fingerprint density at radius 3 is 2.67 bits per heavy atom. The van der Waals surface area contributed by atoms with Gasteiger partial charge in [0.25, 0.3) is 0 Å². The third-order valence-corrected chi connectivity index (χ3v) is 3.29. The van der Waals surface area contributed by atoms with E-state index in [-0.39, 0.29) is 12.5 Å². The molecule has 1 aromatic heterocycles. The predicted molar refractivity (Wildman–Crippen MR) is 80.7 cm³/mol. The minimum Gasteiger partial charge on any atom is -0.354 e. The van der Waals surface area contributed by atoms with E-state index < -0.39 is 0 Å². The number of carbonyl (C=O) groups excluding carboxylic acids is 1. The van der Waals surface area contributed by atoms with E-state index in [4.69, 9.17) is 0 Å². The summed E-state index contributed by atoms with van der Waals surface area (Å²) in [5, 5.41) is 10.9. The van der Waals surface area contributed by atoms with Crippen LogP contribution in [0.2, 0.25) is 0 Å². The molecule has 0 bridgehead atoms. The Morgan fingerprint density at radius 1 is 1.05 bits per heavy atom. The molecule has 3 aromatic rings. The summed E-state index contributed by atoms with van der Waals surface area (Å²) in [4.78, 5) is 11.9. The van der Waals surface area contributed by atoms with Crippen molar-refractivity contribution in [3.05, 3.63) is 60.2 Å². The molecule has 2 aromatic carbocycles. The second kappa shape index (κ2) is 6.17. The highest BCUT2D eigenvalue weighted by Crippen LogP contribution is 2.09. The number of carbonyl (C=O) groups is 1. The molecule has 0 radical (unpaired) electrons. The Labute approximate surface area is 122 Å². The van der Waals surface area contributed by atoms with Gasteiger partial charge in [-0.2, -0.15) is 0 Å². The number of nitrogens with zero attached hydrogens (tertiary/aromatic N) is 3. The summed E-state index contributed by atoms with van der Waals surface area (Å²) in [6, 6.07) is 17.7. The molecule has 0 atom stereocenters. The van der Waals surface area contributed by atoms with Gasteiger partial charge >= 0.3 is 0 Å². The van der Waals surface area contributed by atoms with Crippen molar-refractivity contribution in [2.24, 2.45) is 0 Å². The average molecular weight is 280 g/mol. The van der Waals surface area contributed by atoms with Crippen LogP contribution in [-0.4, -0.2) is 27.4 Å². The first kappa shape index (κ1) is 13.3. The van der Waals surface area contributed by atoms with Crippen LogP contribution >= 0.6 is 0 Å². The van der Waals surface area contributed by atoms with Crippen LogP contribution in [-0.2, 0) is 17.8 Å². The lowest BCUT2D eigenvalue weighted by atomic mass is 10.1. The number of para-hydroxylation sites is 1. The first-order chi connectivity index (χ1) is 10.3. The lowest BCUT2D eigenvalue weighted by Crippen LogP contribution is -2.29. The van der Waals surface area contributed by atoms with E-state index >= 15 is 0 Å². The number of amides is 1. The average Bonchev–Trinajstić information content (AvgIpc) is 2.92. The molecular weight excluding hydrogens is 264 g/mol. The minimum atomic E-state index is -0.0541. The van der Waals surface area contributed by atoms with Crippen LogP contribution in [0.25, 0.3) is 11.0 Å². The molecule has 0 aliphatic heterocycles. The van der Waals surface area contributed by atoms with Gasteiger partial charge in [-0.15, -0.1) is 5.10 Å². The molecule has 5 heteroatoms. The fourth-order valence-electron chi connectivity index (χ4n) is 2.22. The second-order valence-electron chi connectivity index (χ2n) is 4.82. The standard InChI is InChI=1S/C16H16N4O/c21-16(17-11-10-13-6-2-1-3-7-13)12-20-15-9-5-4-8-14(15)18-19-20/h1-9H,10-12H2,(H,17,21). The zero-order valence-corrected chi connectivity index (χ0v) is 11.6. The van der Waals surface area contributed by atoms with Gasteiger partial charge in [0.15, 0.2) is 0 Å². The third kappa shape index (κ3) is 3.25. The van der Waals surface area contributed by atoms with Gasteiger partial charge in [-0.1, -0.05) is 47.7 Å². The van der Waals surface area contributed by atoms with Gasteiger partial charge in [0.2, 0.25) is 5.91 Å². The summed E-state index contributed by atoms with van der Waals surface area (Å²) in [5.74, 6) is -0.0541. The van der Waals surface area contributed by atoms with Crippen LogP contribution in [0.15, 0.2) is 54.6 Å². The lowest BCUT2D eigenvalue weighted by molar-refractivity contribution is -0.121. The van der Waals surface area contributed by atoms with Crippen molar-refractivity contribution in [2.75, 3.05) is 6.54 Å². The van der Waals surface area contributed by atoms with Crippen molar-refractivity contribution < 1.29 is 4.79 Å². The zero-order chi connectivity index (χ0) is 14.5. The normalized spacial score (nSPS) is 10.7. The van der Waals surface area contributed by atoms with Crippen molar-refractivity contribution in [2.45, 2.75) is 13.0 Å². The molecule has 21 heavy (non-hydrogen) atoms. The van der Waals surface area contributed by atoms with Gasteiger partial charge in [-0.3, -0.25) is 4.79 Å². The SMILES string of the molecule is O=C(Cn1nnc2ccccc21)NCCc1ccccc1. The van der Waals surface area contributed by atoms with Crippen LogP contribution < -0.4 is 5.32 Å². The van der Waals surface area contributed by atoms with Crippen LogP contribution in [0.4, 0.5) is 0 Å². The molecule has 0 saturated carbocycles. The first-order valence-corrected chi connectivity index (χ1v) is 6.92. The van der Waals surface area contributed by atoms with Crippen molar-refractivity contribution in [3.63, 3.8) is 0 Å². The Kier molecular flexibility index (Phi) is 3.91. The highest BCUT2D eigenvalue weighted by molar-refractivity contribution is 5.79. The van der Waals surface area contributed by atoms with E-state index in [9.17, 15) is 4.79 Å². The van der Waals surface area contributed by atoms with Crippen molar-refractivity contribution in [1.29, 1.82) is 0 Å². The summed E-state index contributed by atoms with van der Waals surface area (Å²) in [5.41, 5.74) is 2.88. The molecule has 0 spiro atoms. The number of benzene rings is 2. The van der Waals surface area contributed by atoms with Gasteiger partial charge < -0.3 is 5.32 Å². The second-order valence-corrected chi connectivity index (χ2v) is 4.82. The summed E-state index contributed by atoms with van der Waals surface area (Å²) >= 11 is 0. The molecule has 0 aliphatic rings. The van der Waals surface area contributed by atoms with Crippen molar-refractivity contribution >= 4 is 16.9 Å². The third-order valence-electron chi connectivity index (χ3n) is 3.29. The van der Waals surface area contributed by atoms with E-state index in [1.165, 1.54) is 5.56 Å². The molecule has 0 saturated heterocycles. The Morgan fingerprint density at radius 2 is 1.81 bits per heavy atom. The van der Waals surface area contributed by atoms with Crippen LogP contribution in [0.1, 0.15) is 5.56 Å². The topological polar surface area (TPSA) is 59.8 Å². The number of rotatable bonds is 5. The first-order valence-electron chi connectivity index (χ1n) is 6.92. The summed E-state index contributed by atoms with van der Waals surface area (Å²) < 4.78 is 1.62. The largest absolute Gasteiger partial charge is 0.354 e. The monoisotopic (exact) mass is 280 g/mol. The van der Waals surface area contributed by atoms with E-state index in [1.54, 1.807) is 4.68 Å². The number of hydrogen-bond donors (Lipinski definition) is 1. The smallest absolute Gasteiger partial charge is 0.241 e. The molecule has 1 heterocycles. The quantitative estimate of drug-likeness (QED) is 0.775. The minimum absolute atomic E-state index is 0.0541. The van der Waals surface area contributed by atoms with Gasteiger partial charge in [-0.25, -0.2) is 4.68 Å². The molecule has 5 nitrogen and oxygen atoms in total. The van der Waals surface area contributed by atoms with Gasteiger partial charge in [0.1, 0.15) is 12.1 Å². The predicted octanol–water partition coefficient (Wildman–Crippen LogP) is 1.79. The Hall–Kier alpha value is -2.69. The fourth-order valence-corrected chi connectivity index (χ4v) is 2.22. The molecule has 1 N–H and O–H groups in total. The van der Waals surface area contributed by atoms with Crippen molar-refractivity contribution in [3.8, 4) is 0 Å². The zero-order valence-electron chi connectivity index (χ0n) is 11.6. The number of hydrogen-bond acceptors (Lipinski definition) is 3. The maximum Gasteiger partial charge on any atom is 0.241 e. The maximum atomic E-state index is 11.9. The van der Waals surface area contributed by atoms with E-state index in [1.807, 2.05) is 42.5 Å². The molecule has 1 amide bonds. The van der Waals surface area contributed by atoms with Gasteiger partial charge in [0.05, 0.1) is 5.52 Å². The number of aromatic nitrogens is 3. The van der Waals surface area contributed by atoms with Gasteiger partial charge in [-0.05, 0) is 24.1 Å².